The average molecular weight is 298 g/mol. The molecule has 122 valence electrons. The number of carbonyl (C=O) groups excluding carboxylic acids is 1. The molecule has 3 atom stereocenters. The van der Waals surface area contributed by atoms with Crippen molar-refractivity contribution in [2.45, 2.75) is 65.3 Å². The number of aliphatic carboxylic acids is 1. The second-order valence-electron chi connectivity index (χ2n) is 6.41. The van der Waals surface area contributed by atoms with Crippen LogP contribution in [0.15, 0.2) is 0 Å². The predicted molar refractivity (Wildman–Crippen MR) is 83.2 cm³/mol. The number of likely N-dealkylation sites (tertiary alicyclic amines) is 1. The molecule has 5 nitrogen and oxygen atoms in total. The average Bonchev–Trinajstić information content (AvgIpc) is 2.87. The topological polar surface area (TPSA) is 69.6 Å². The van der Waals surface area contributed by atoms with Crippen molar-refractivity contribution in [3.8, 4) is 0 Å². The van der Waals surface area contributed by atoms with E-state index in [1.54, 1.807) is 6.92 Å². The largest absolute Gasteiger partial charge is 0.481 e. The summed E-state index contributed by atoms with van der Waals surface area (Å²) in [7, 11) is 0. The highest BCUT2D eigenvalue weighted by atomic mass is 16.4. The van der Waals surface area contributed by atoms with E-state index in [0.29, 0.717) is 12.3 Å². The molecule has 0 bridgehead atoms. The highest BCUT2D eigenvalue weighted by molar-refractivity contribution is 5.74. The summed E-state index contributed by atoms with van der Waals surface area (Å²) in [6.07, 6.45) is 5.82. The molecule has 1 saturated heterocycles. The van der Waals surface area contributed by atoms with Gasteiger partial charge in [0.25, 0.3) is 0 Å². The highest BCUT2D eigenvalue weighted by Crippen LogP contribution is 2.20. The van der Waals surface area contributed by atoms with Gasteiger partial charge in [-0.25, -0.2) is 4.79 Å². The van der Waals surface area contributed by atoms with Crippen molar-refractivity contribution in [2.75, 3.05) is 13.1 Å². The van der Waals surface area contributed by atoms with E-state index in [9.17, 15) is 9.59 Å². The molecule has 1 fully saturated rings. The molecular weight excluding hydrogens is 268 g/mol. The number of nitrogens with zero attached hydrogens (tertiary/aromatic N) is 1. The van der Waals surface area contributed by atoms with E-state index >= 15 is 0 Å². The molecule has 0 radical (unpaired) electrons. The van der Waals surface area contributed by atoms with Crippen LogP contribution >= 0.6 is 0 Å². The normalized spacial score (nSPS) is 21.1. The van der Waals surface area contributed by atoms with E-state index in [0.717, 1.165) is 32.4 Å². The lowest BCUT2D eigenvalue weighted by atomic mass is 10.0. The van der Waals surface area contributed by atoms with Crippen LogP contribution in [0.25, 0.3) is 0 Å². The van der Waals surface area contributed by atoms with E-state index < -0.39 is 5.97 Å². The summed E-state index contributed by atoms with van der Waals surface area (Å²) < 4.78 is 0. The number of amides is 2. The molecule has 1 aliphatic heterocycles. The van der Waals surface area contributed by atoms with Crippen LogP contribution in [0.5, 0.6) is 0 Å². The molecule has 1 heterocycles. The Morgan fingerprint density at radius 1 is 1.33 bits per heavy atom. The van der Waals surface area contributed by atoms with Crippen molar-refractivity contribution in [1.29, 1.82) is 0 Å². The summed E-state index contributed by atoms with van der Waals surface area (Å²) in [5, 5.41) is 11.9. The minimum absolute atomic E-state index is 0.0346. The van der Waals surface area contributed by atoms with Gasteiger partial charge in [0.2, 0.25) is 0 Å². The van der Waals surface area contributed by atoms with Crippen LogP contribution in [-0.4, -0.2) is 41.1 Å². The van der Waals surface area contributed by atoms with E-state index in [2.05, 4.69) is 12.2 Å². The van der Waals surface area contributed by atoms with Gasteiger partial charge in [-0.3, -0.25) is 4.79 Å². The van der Waals surface area contributed by atoms with Gasteiger partial charge in [0.1, 0.15) is 0 Å². The van der Waals surface area contributed by atoms with Crippen molar-refractivity contribution >= 4 is 12.0 Å². The van der Waals surface area contributed by atoms with Gasteiger partial charge >= 0.3 is 12.0 Å². The van der Waals surface area contributed by atoms with Gasteiger partial charge in [-0.2, -0.15) is 0 Å². The molecule has 0 aromatic heterocycles. The number of carboxylic acids is 1. The molecule has 0 spiro atoms. The molecule has 1 aliphatic rings. The number of hydrogen-bond acceptors (Lipinski definition) is 2. The lowest BCUT2D eigenvalue weighted by Gasteiger charge is -2.21. The summed E-state index contributed by atoms with van der Waals surface area (Å²) >= 11 is 0. The molecule has 0 aromatic rings. The van der Waals surface area contributed by atoms with Crippen LogP contribution in [-0.2, 0) is 4.79 Å². The third-order valence-electron chi connectivity index (χ3n) is 4.34. The number of carbonyl (C=O) groups is 2. The Labute approximate surface area is 128 Å². The van der Waals surface area contributed by atoms with Crippen LogP contribution in [0.1, 0.15) is 59.3 Å². The number of nitrogens with one attached hydrogen (secondary N) is 1. The Balaban J connectivity index is 2.20. The summed E-state index contributed by atoms with van der Waals surface area (Å²) in [5.74, 6) is -0.389. The van der Waals surface area contributed by atoms with Crippen LogP contribution in [0.2, 0.25) is 0 Å². The summed E-state index contributed by atoms with van der Waals surface area (Å²) in [6, 6.07) is 0.135. The first kappa shape index (κ1) is 17.8. The van der Waals surface area contributed by atoms with Crippen molar-refractivity contribution < 1.29 is 14.7 Å². The molecule has 0 saturated carbocycles. The Morgan fingerprint density at radius 3 is 2.67 bits per heavy atom. The van der Waals surface area contributed by atoms with E-state index in [-0.39, 0.29) is 18.0 Å². The fourth-order valence-corrected chi connectivity index (χ4v) is 2.89. The first-order valence-electron chi connectivity index (χ1n) is 8.22. The predicted octanol–water partition coefficient (Wildman–Crippen LogP) is 3.10. The van der Waals surface area contributed by atoms with Gasteiger partial charge in [-0.05, 0) is 38.5 Å². The zero-order valence-corrected chi connectivity index (χ0v) is 13.6. The Kier molecular flexibility index (Phi) is 7.54. The molecule has 2 amide bonds. The number of urea groups is 1. The van der Waals surface area contributed by atoms with Gasteiger partial charge in [-0.15, -0.1) is 0 Å². The van der Waals surface area contributed by atoms with Gasteiger partial charge in [0.05, 0.1) is 5.92 Å². The third-order valence-corrected chi connectivity index (χ3v) is 4.34. The molecule has 5 heteroatoms. The lowest BCUT2D eigenvalue weighted by molar-refractivity contribution is -0.141. The Bertz CT molecular complexity index is 346. The van der Waals surface area contributed by atoms with Crippen molar-refractivity contribution in [1.82, 2.24) is 10.2 Å². The maximum atomic E-state index is 12.1. The zero-order valence-electron chi connectivity index (χ0n) is 13.6. The molecule has 3 unspecified atom stereocenters. The van der Waals surface area contributed by atoms with Crippen LogP contribution in [0, 0.1) is 11.8 Å². The minimum Gasteiger partial charge on any atom is -0.481 e. The molecule has 0 aromatic carbocycles. The molecule has 0 aliphatic carbocycles. The second-order valence-corrected chi connectivity index (χ2v) is 6.41. The number of carboxylic acid groups (broad SMARTS) is 1. The van der Waals surface area contributed by atoms with Gasteiger partial charge in [0.15, 0.2) is 0 Å². The molecule has 21 heavy (non-hydrogen) atoms. The lowest BCUT2D eigenvalue weighted by Crippen LogP contribution is -2.42. The molecule has 2 N–H and O–H groups in total. The maximum Gasteiger partial charge on any atom is 0.317 e. The fourth-order valence-electron chi connectivity index (χ4n) is 2.89. The van der Waals surface area contributed by atoms with Crippen molar-refractivity contribution in [3.63, 3.8) is 0 Å². The van der Waals surface area contributed by atoms with Gasteiger partial charge in [0, 0.05) is 19.1 Å². The maximum absolute atomic E-state index is 12.1. The van der Waals surface area contributed by atoms with Gasteiger partial charge < -0.3 is 15.3 Å². The minimum atomic E-state index is -0.745. The van der Waals surface area contributed by atoms with E-state index in [1.807, 2.05) is 11.8 Å². The smallest absolute Gasteiger partial charge is 0.317 e. The van der Waals surface area contributed by atoms with E-state index in [4.69, 9.17) is 5.11 Å². The first-order valence-corrected chi connectivity index (χ1v) is 8.22. The Morgan fingerprint density at radius 2 is 2.05 bits per heavy atom. The van der Waals surface area contributed by atoms with Crippen molar-refractivity contribution in [2.24, 2.45) is 11.8 Å². The number of rotatable bonds is 8. The number of hydrogen-bond donors (Lipinski definition) is 2. The van der Waals surface area contributed by atoms with Crippen LogP contribution in [0.3, 0.4) is 0 Å². The summed E-state index contributed by atoms with van der Waals surface area (Å²) in [4.78, 5) is 24.8. The second kappa shape index (κ2) is 8.90. The first-order chi connectivity index (χ1) is 9.93. The SMILES string of the molecule is CCCC1CCN(C(=O)NC(C)CCCC(C)C(=O)O)C1. The van der Waals surface area contributed by atoms with E-state index in [1.165, 1.54) is 12.8 Å². The monoisotopic (exact) mass is 298 g/mol. The Hall–Kier alpha value is -1.26. The summed E-state index contributed by atoms with van der Waals surface area (Å²) in [6.45, 7) is 7.64. The van der Waals surface area contributed by atoms with Crippen molar-refractivity contribution in [3.05, 3.63) is 0 Å². The third kappa shape index (κ3) is 6.36. The van der Waals surface area contributed by atoms with Crippen LogP contribution in [0.4, 0.5) is 4.79 Å². The highest BCUT2D eigenvalue weighted by Gasteiger charge is 2.26. The van der Waals surface area contributed by atoms with Gasteiger partial charge in [-0.1, -0.05) is 26.7 Å². The molecule has 1 rings (SSSR count). The molecular formula is C16H30N2O3. The summed E-state index contributed by atoms with van der Waals surface area (Å²) in [5.41, 5.74) is 0. The quantitative estimate of drug-likeness (QED) is 0.723. The van der Waals surface area contributed by atoms with Crippen LogP contribution < -0.4 is 5.32 Å². The fraction of sp³-hybridized carbons (Fsp3) is 0.875. The standard InChI is InChI=1S/C16H30N2O3/c1-4-6-14-9-10-18(11-14)16(21)17-13(3)8-5-7-12(2)15(19)20/h12-14H,4-11H2,1-3H3,(H,17,21)(H,19,20). The zero-order chi connectivity index (χ0) is 15.8.